The molecule has 0 amide bonds. The highest BCUT2D eigenvalue weighted by atomic mass is 127. The van der Waals surface area contributed by atoms with Gasteiger partial charge in [-0.1, -0.05) is 24.3 Å². The van der Waals surface area contributed by atoms with E-state index in [1.165, 1.54) is 0 Å². The fourth-order valence-corrected chi connectivity index (χ4v) is 3.26. The predicted octanol–water partition coefficient (Wildman–Crippen LogP) is 2.69. The number of nitrogen functional groups attached to an aromatic ring is 1. The molecule has 112 valence electrons. The quantitative estimate of drug-likeness (QED) is 0.559. The maximum atomic E-state index is 12.0. The lowest BCUT2D eigenvalue weighted by atomic mass is 10.3. The smallest absolute Gasteiger partial charge is 0.236 e. The second-order valence-electron chi connectivity index (χ2n) is 4.29. The van der Waals surface area contributed by atoms with E-state index in [1.54, 1.807) is 36.4 Å². The van der Waals surface area contributed by atoms with Crippen LogP contribution in [0.2, 0.25) is 0 Å². The van der Waals surface area contributed by atoms with Gasteiger partial charge in [-0.15, -0.1) is 0 Å². The first-order chi connectivity index (χ1) is 9.98. The molecule has 7 heteroatoms. The molecule has 0 saturated heterocycles. The van der Waals surface area contributed by atoms with Crippen LogP contribution in [0.25, 0.3) is 0 Å². The number of hydrogen-bond acceptors (Lipinski definition) is 4. The molecule has 0 bridgehead atoms. The lowest BCUT2D eigenvalue weighted by molar-refractivity contribution is 0.343. The lowest BCUT2D eigenvalue weighted by Gasteiger charge is -2.11. The molecule has 0 aliphatic rings. The van der Waals surface area contributed by atoms with Gasteiger partial charge in [0.25, 0.3) is 0 Å². The van der Waals surface area contributed by atoms with Crippen molar-refractivity contribution in [3.8, 4) is 5.75 Å². The summed E-state index contributed by atoms with van der Waals surface area (Å²) in [5.74, 6) is 0.341. The van der Waals surface area contributed by atoms with Gasteiger partial charge in [0.05, 0.1) is 11.4 Å². The average Bonchev–Trinajstić information content (AvgIpc) is 2.43. The first-order valence-electron chi connectivity index (χ1n) is 6.20. The molecule has 0 aromatic heterocycles. The van der Waals surface area contributed by atoms with E-state index in [4.69, 9.17) is 10.5 Å². The number of anilines is 2. The van der Waals surface area contributed by atoms with E-state index >= 15 is 0 Å². The summed E-state index contributed by atoms with van der Waals surface area (Å²) < 4.78 is 32.8. The van der Waals surface area contributed by atoms with Gasteiger partial charge in [0.1, 0.15) is 18.1 Å². The molecule has 5 nitrogen and oxygen atoms in total. The molecule has 0 aliphatic heterocycles. The van der Waals surface area contributed by atoms with Gasteiger partial charge in [-0.3, -0.25) is 4.72 Å². The monoisotopic (exact) mass is 418 g/mol. The van der Waals surface area contributed by atoms with Crippen molar-refractivity contribution in [2.45, 2.75) is 0 Å². The molecule has 0 aliphatic carbocycles. The zero-order chi connectivity index (χ0) is 15.3. The van der Waals surface area contributed by atoms with Crippen LogP contribution in [-0.4, -0.2) is 20.8 Å². The predicted molar refractivity (Wildman–Crippen MR) is 92.9 cm³/mol. The Morgan fingerprint density at radius 3 is 2.48 bits per heavy atom. The molecular weight excluding hydrogens is 403 g/mol. The van der Waals surface area contributed by atoms with Crippen LogP contribution in [0.4, 0.5) is 11.4 Å². The van der Waals surface area contributed by atoms with Crippen molar-refractivity contribution in [2.24, 2.45) is 0 Å². The summed E-state index contributed by atoms with van der Waals surface area (Å²) >= 11 is 2.08. The topological polar surface area (TPSA) is 81.4 Å². The highest BCUT2D eigenvalue weighted by Gasteiger charge is 2.12. The van der Waals surface area contributed by atoms with Crippen molar-refractivity contribution in [1.82, 2.24) is 0 Å². The van der Waals surface area contributed by atoms with Crippen LogP contribution >= 0.6 is 22.6 Å². The molecule has 0 unspecified atom stereocenters. The average molecular weight is 418 g/mol. The standard InChI is InChI=1S/C14H15IN2O3S/c15-11-5-1-3-7-13(11)17-21(18,19)10-9-20-14-8-4-2-6-12(14)16/h1-8,17H,9-10,16H2. The van der Waals surface area contributed by atoms with Crippen LogP contribution in [-0.2, 0) is 10.0 Å². The third-order valence-corrected chi connectivity index (χ3v) is 4.84. The van der Waals surface area contributed by atoms with E-state index in [9.17, 15) is 8.42 Å². The van der Waals surface area contributed by atoms with Crippen molar-refractivity contribution in [3.05, 3.63) is 52.1 Å². The Morgan fingerprint density at radius 2 is 1.76 bits per heavy atom. The van der Waals surface area contributed by atoms with E-state index in [0.717, 1.165) is 3.57 Å². The molecule has 0 atom stereocenters. The van der Waals surface area contributed by atoms with Crippen LogP contribution in [0.5, 0.6) is 5.75 Å². The van der Waals surface area contributed by atoms with Crippen molar-refractivity contribution >= 4 is 44.0 Å². The summed E-state index contributed by atoms with van der Waals surface area (Å²) in [4.78, 5) is 0. The molecule has 21 heavy (non-hydrogen) atoms. The maximum absolute atomic E-state index is 12.0. The molecule has 2 rings (SSSR count). The first-order valence-corrected chi connectivity index (χ1v) is 8.93. The molecule has 0 spiro atoms. The second kappa shape index (κ2) is 6.99. The molecule has 2 aromatic rings. The van der Waals surface area contributed by atoms with Crippen molar-refractivity contribution in [1.29, 1.82) is 0 Å². The zero-order valence-corrected chi connectivity index (χ0v) is 14.1. The van der Waals surface area contributed by atoms with Crippen molar-refractivity contribution in [2.75, 3.05) is 22.8 Å². The molecule has 0 radical (unpaired) electrons. The fourth-order valence-electron chi connectivity index (χ4n) is 1.64. The van der Waals surface area contributed by atoms with E-state index in [2.05, 4.69) is 27.3 Å². The van der Waals surface area contributed by atoms with Crippen LogP contribution in [0.15, 0.2) is 48.5 Å². The van der Waals surface area contributed by atoms with Gasteiger partial charge >= 0.3 is 0 Å². The summed E-state index contributed by atoms with van der Waals surface area (Å²) in [6.07, 6.45) is 0. The van der Waals surface area contributed by atoms with E-state index in [0.29, 0.717) is 17.1 Å². The van der Waals surface area contributed by atoms with Crippen LogP contribution in [0.1, 0.15) is 0 Å². The maximum Gasteiger partial charge on any atom is 0.236 e. The summed E-state index contributed by atoms with van der Waals surface area (Å²) in [5, 5.41) is 0. The Morgan fingerprint density at radius 1 is 1.10 bits per heavy atom. The van der Waals surface area contributed by atoms with Gasteiger partial charge in [0, 0.05) is 3.57 Å². The number of hydrogen-bond donors (Lipinski definition) is 2. The van der Waals surface area contributed by atoms with E-state index in [-0.39, 0.29) is 12.4 Å². The summed E-state index contributed by atoms with van der Waals surface area (Å²) in [6.45, 7) is 0.0347. The number of halogens is 1. The Hall–Kier alpha value is -1.48. The van der Waals surface area contributed by atoms with Crippen LogP contribution in [0.3, 0.4) is 0 Å². The van der Waals surface area contributed by atoms with Gasteiger partial charge in [-0.25, -0.2) is 8.42 Å². The minimum atomic E-state index is -3.46. The first kappa shape index (κ1) is 15.9. The van der Waals surface area contributed by atoms with Crippen LogP contribution < -0.4 is 15.2 Å². The zero-order valence-electron chi connectivity index (χ0n) is 11.1. The van der Waals surface area contributed by atoms with Gasteiger partial charge in [0.15, 0.2) is 0 Å². The van der Waals surface area contributed by atoms with Crippen molar-refractivity contribution in [3.63, 3.8) is 0 Å². The second-order valence-corrected chi connectivity index (χ2v) is 7.29. The third kappa shape index (κ3) is 4.78. The largest absolute Gasteiger partial charge is 0.490 e. The number of ether oxygens (including phenoxy) is 1. The molecular formula is C14H15IN2O3S. The SMILES string of the molecule is Nc1ccccc1OCCS(=O)(=O)Nc1ccccc1I. The Labute approximate surface area is 137 Å². The van der Waals surface area contributed by atoms with Crippen LogP contribution in [0, 0.1) is 3.57 Å². The highest BCUT2D eigenvalue weighted by molar-refractivity contribution is 14.1. The molecule has 3 N–H and O–H groups in total. The molecule has 2 aromatic carbocycles. The van der Waals surface area contributed by atoms with Gasteiger partial charge in [-0.2, -0.15) is 0 Å². The number of rotatable bonds is 6. The summed E-state index contributed by atoms with van der Waals surface area (Å²) in [5.41, 5.74) is 6.78. The summed E-state index contributed by atoms with van der Waals surface area (Å²) in [7, 11) is -3.46. The Kier molecular flexibility index (Phi) is 5.29. The highest BCUT2D eigenvalue weighted by Crippen LogP contribution is 2.20. The third-order valence-electron chi connectivity index (χ3n) is 2.67. The molecule has 0 heterocycles. The van der Waals surface area contributed by atoms with E-state index in [1.807, 2.05) is 12.1 Å². The van der Waals surface area contributed by atoms with Gasteiger partial charge in [-0.05, 0) is 46.9 Å². The normalized spacial score (nSPS) is 11.1. The number of para-hydroxylation sites is 3. The number of benzene rings is 2. The van der Waals surface area contributed by atoms with Gasteiger partial charge < -0.3 is 10.5 Å². The van der Waals surface area contributed by atoms with E-state index < -0.39 is 10.0 Å². The minimum Gasteiger partial charge on any atom is -0.490 e. The number of sulfonamides is 1. The number of nitrogens with two attached hydrogens (primary N) is 1. The van der Waals surface area contributed by atoms with Crippen molar-refractivity contribution < 1.29 is 13.2 Å². The lowest BCUT2D eigenvalue weighted by Crippen LogP contribution is -2.21. The Bertz CT molecular complexity index is 720. The molecule has 0 saturated carbocycles. The molecule has 0 fully saturated rings. The van der Waals surface area contributed by atoms with Gasteiger partial charge in [0.2, 0.25) is 10.0 Å². The Balaban J connectivity index is 1.93. The summed E-state index contributed by atoms with van der Waals surface area (Å²) in [6, 6.07) is 14.2. The number of nitrogens with one attached hydrogen (secondary N) is 1. The minimum absolute atomic E-state index is 0.0347. The fraction of sp³-hybridized carbons (Fsp3) is 0.143.